The van der Waals surface area contributed by atoms with E-state index < -0.39 is 5.60 Å². The number of Topliss-reactive ketones (excluding diaryl/α,β-unsaturated/α-hetero) is 1. The Labute approximate surface area is 215 Å². The summed E-state index contributed by atoms with van der Waals surface area (Å²) in [7, 11) is 0. The molecule has 3 nitrogen and oxygen atoms in total. The van der Waals surface area contributed by atoms with Gasteiger partial charge >= 0.3 is 0 Å². The van der Waals surface area contributed by atoms with Gasteiger partial charge < -0.3 is 9.84 Å². The highest BCUT2D eigenvalue weighted by Gasteiger charge is 2.70. The second-order valence-electron chi connectivity index (χ2n) is 15.9. The number of hydrogen-bond donors (Lipinski definition) is 1. The van der Waals surface area contributed by atoms with Crippen molar-refractivity contribution < 1.29 is 14.6 Å². The van der Waals surface area contributed by atoms with Gasteiger partial charge in [0.2, 0.25) is 0 Å². The molecule has 0 aromatic heterocycles. The molecule has 0 radical (unpaired) electrons. The minimum absolute atomic E-state index is 0.103. The first-order valence-electron chi connectivity index (χ1n) is 14.9. The van der Waals surface area contributed by atoms with Crippen LogP contribution in [0.4, 0.5) is 0 Å². The van der Waals surface area contributed by atoms with Crippen LogP contribution in [-0.2, 0) is 9.53 Å². The molecule has 4 saturated carbocycles. The summed E-state index contributed by atoms with van der Waals surface area (Å²) < 4.78 is 6.81. The van der Waals surface area contributed by atoms with E-state index in [0.717, 1.165) is 25.2 Å². The van der Waals surface area contributed by atoms with Crippen LogP contribution in [0.1, 0.15) is 127 Å². The van der Waals surface area contributed by atoms with Crippen molar-refractivity contribution in [1.82, 2.24) is 0 Å². The number of ketones is 1. The van der Waals surface area contributed by atoms with Crippen LogP contribution >= 0.6 is 0 Å². The average Bonchev–Trinajstić information content (AvgIpc) is 3.09. The highest BCUT2D eigenvalue weighted by atomic mass is 16.5. The number of ether oxygens (including phenoxy) is 1. The third-order valence-corrected chi connectivity index (χ3v) is 13.9. The van der Waals surface area contributed by atoms with Gasteiger partial charge in [-0.25, -0.2) is 0 Å². The summed E-state index contributed by atoms with van der Waals surface area (Å²) in [6.07, 6.45) is 11.6. The summed E-state index contributed by atoms with van der Waals surface area (Å²) in [6, 6.07) is 0. The van der Waals surface area contributed by atoms with E-state index >= 15 is 0 Å². The molecule has 1 saturated heterocycles. The molecule has 0 spiro atoms. The molecule has 0 aromatic carbocycles. The number of aliphatic hydroxyl groups excluding tert-OH is 1. The van der Waals surface area contributed by atoms with Gasteiger partial charge in [-0.15, -0.1) is 0 Å². The molecule has 4 aliphatic carbocycles. The SMILES string of the molecule is CC(=O)[C@H]1CC[C@]2(C)[C@H]3CCC4[C@@H]([C@]5(C)CC[C@@H](O)C(C)(C)O5)CC[C@@]4(C)[C@]3(C)CC[C@H]2C1(C)C. The number of aliphatic hydroxyl groups is 1. The number of hydrogen-bond acceptors (Lipinski definition) is 3. The van der Waals surface area contributed by atoms with Crippen LogP contribution in [0.2, 0.25) is 0 Å². The summed E-state index contributed by atoms with van der Waals surface area (Å²) in [5, 5.41) is 10.6. The first kappa shape index (κ1) is 26.2. The molecule has 35 heavy (non-hydrogen) atoms. The van der Waals surface area contributed by atoms with Crippen LogP contribution in [0, 0.1) is 51.2 Å². The maximum Gasteiger partial charge on any atom is 0.133 e. The van der Waals surface area contributed by atoms with Crippen molar-refractivity contribution in [3.63, 3.8) is 0 Å². The monoisotopic (exact) mass is 486 g/mol. The first-order valence-corrected chi connectivity index (χ1v) is 14.9. The topological polar surface area (TPSA) is 46.5 Å². The summed E-state index contributed by atoms with van der Waals surface area (Å²) in [5.41, 5.74) is 0.562. The van der Waals surface area contributed by atoms with Gasteiger partial charge in [0.25, 0.3) is 0 Å². The largest absolute Gasteiger partial charge is 0.390 e. The van der Waals surface area contributed by atoms with Gasteiger partial charge in [0, 0.05) is 5.92 Å². The molecule has 1 N–H and O–H groups in total. The van der Waals surface area contributed by atoms with E-state index in [9.17, 15) is 9.90 Å². The highest BCUT2D eigenvalue weighted by molar-refractivity contribution is 5.79. The molecule has 5 rings (SSSR count). The smallest absolute Gasteiger partial charge is 0.133 e. The molecule has 10 atom stereocenters. The fraction of sp³-hybridized carbons (Fsp3) is 0.969. The predicted molar refractivity (Wildman–Crippen MR) is 142 cm³/mol. The van der Waals surface area contributed by atoms with Crippen LogP contribution in [0.3, 0.4) is 0 Å². The van der Waals surface area contributed by atoms with Crippen molar-refractivity contribution in [3.05, 3.63) is 0 Å². The summed E-state index contributed by atoms with van der Waals surface area (Å²) in [5.74, 6) is 3.34. The zero-order chi connectivity index (χ0) is 25.8. The van der Waals surface area contributed by atoms with Crippen molar-refractivity contribution in [2.24, 2.45) is 51.2 Å². The van der Waals surface area contributed by atoms with Gasteiger partial charge in [-0.3, -0.25) is 4.79 Å². The van der Waals surface area contributed by atoms with Gasteiger partial charge in [0.15, 0.2) is 0 Å². The van der Waals surface area contributed by atoms with Crippen molar-refractivity contribution in [3.8, 4) is 0 Å². The fourth-order valence-corrected chi connectivity index (χ4v) is 12.0. The molecule has 0 bridgehead atoms. The first-order chi connectivity index (χ1) is 16.0. The van der Waals surface area contributed by atoms with Crippen molar-refractivity contribution in [2.45, 2.75) is 144 Å². The molecule has 1 heterocycles. The lowest BCUT2D eigenvalue weighted by Crippen LogP contribution is -2.64. The van der Waals surface area contributed by atoms with Crippen LogP contribution in [-0.4, -0.2) is 28.2 Å². The third-order valence-electron chi connectivity index (χ3n) is 13.9. The molecule has 5 aliphatic rings. The number of rotatable bonds is 2. The second-order valence-corrected chi connectivity index (χ2v) is 15.9. The van der Waals surface area contributed by atoms with Gasteiger partial charge in [-0.05, 0) is 137 Å². The van der Waals surface area contributed by atoms with E-state index in [1.54, 1.807) is 0 Å². The summed E-state index contributed by atoms with van der Waals surface area (Å²) in [6.45, 7) is 21.2. The Morgan fingerprint density at radius 1 is 0.714 bits per heavy atom. The Balaban J connectivity index is 1.45. The van der Waals surface area contributed by atoms with Gasteiger partial charge in [0.05, 0.1) is 17.3 Å². The molecular weight excluding hydrogens is 432 g/mol. The molecule has 3 heteroatoms. The van der Waals surface area contributed by atoms with E-state index in [1.165, 1.54) is 44.9 Å². The molecule has 0 aromatic rings. The van der Waals surface area contributed by atoms with E-state index in [-0.39, 0.29) is 23.0 Å². The molecule has 1 aliphatic heterocycles. The third kappa shape index (κ3) is 3.38. The van der Waals surface area contributed by atoms with Crippen LogP contribution in [0.15, 0.2) is 0 Å². The number of fused-ring (bicyclic) bond motifs is 5. The van der Waals surface area contributed by atoms with E-state index in [0.29, 0.717) is 39.8 Å². The Morgan fingerprint density at radius 3 is 2.00 bits per heavy atom. The van der Waals surface area contributed by atoms with Gasteiger partial charge in [0.1, 0.15) is 5.78 Å². The fourth-order valence-electron chi connectivity index (χ4n) is 12.0. The van der Waals surface area contributed by atoms with Crippen molar-refractivity contribution in [2.75, 3.05) is 0 Å². The molecule has 5 fully saturated rings. The molecule has 1 unspecified atom stereocenters. The summed E-state index contributed by atoms with van der Waals surface area (Å²) >= 11 is 0. The minimum atomic E-state index is -0.459. The Bertz CT molecular complexity index is 876. The van der Waals surface area contributed by atoms with Crippen molar-refractivity contribution >= 4 is 5.78 Å². The average molecular weight is 487 g/mol. The standard InChI is InChI=1S/C32H54O3/c1-20(33)21-12-16-29(6)24(27(21,2)3)14-18-31(8)25(29)11-10-22-23(13-17-30(22,31)7)32(9)19-15-26(34)28(4,5)35-32/h21-26,34H,10-19H2,1-9H3/t21-,22?,23+,24+,25-,26-,29+,30-,31-,32+/m1/s1. The van der Waals surface area contributed by atoms with Crippen molar-refractivity contribution in [1.29, 1.82) is 0 Å². The van der Waals surface area contributed by atoms with Crippen LogP contribution in [0.5, 0.6) is 0 Å². The lowest BCUT2D eigenvalue weighted by molar-refractivity contribution is -0.251. The zero-order valence-corrected chi connectivity index (χ0v) is 24.3. The summed E-state index contributed by atoms with van der Waals surface area (Å²) in [4.78, 5) is 12.6. The van der Waals surface area contributed by atoms with Gasteiger partial charge in [-0.1, -0.05) is 34.6 Å². The van der Waals surface area contributed by atoms with Crippen LogP contribution in [0.25, 0.3) is 0 Å². The quantitative estimate of drug-likeness (QED) is 0.437. The van der Waals surface area contributed by atoms with E-state index in [2.05, 4.69) is 55.4 Å². The van der Waals surface area contributed by atoms with Gasteiger partial charge in [-0.2, -0.15) is 0 Å². The predicted octanol–water partition coefficient (Wildman–Crippen LogP) is 7.59. The zero-order valence-electron chi connectivity index (χ0n) is 24.3. The number of carbonyl (C=O) groups excluding carboxylic acids is 1. The van der Waals surface area contributed by atoms with E-state index in [1.807, 2.05) is 6.92 Å². The molecule has 0 amide bonds. The lowest BCUT2D eigenvalue weighted by Gasteiger charge is -2.70. The normalized spacial score (nSPS) is 54.9. The Hall–Kier alpha value is -0.410. The highest BCUT2D eigenvalue weighted by Crippen LogP contribution is 2.76. The van der Waals surface area contributed by atoms with Crippen LogP contribution < -0.4 is 0 Å². The number of carbonyl (C=O) groups is 1. The Morgan fingerprint density at radius 2 is 1.37 bits per heavy atom. The maximum absolute atomic E-state index is 12.6. The minimum Gasteiger partial charge on any atom is -0.390 e. The second kappa shape index (κ2) is 7.81. The van der Waals surface area contributed by atoms with E-state index in [4.69, 9.17) is 4.74 Å². The molecule has 200 valence electrons. The lowest BCUT2D eigenvalue weighted by atomic mass is 9.34. The Kier molecular flexibility index (Phi) is 5.85. The molecular formula is C32H54O3. The maximum atomic E-state index is 12.6.